The van der Waals surface area contributed by atoms with Gasteiger partial charge in [0, 0.05) is 32.1 Å². The molecule has 3 aliphatic rings. The second-order valence-corrected chi connectivity index (χ2v) is 9.24. The van der Waals surface area contributed by atoms with Gasteiger partial charge >= 0.3 is 0 Å². The molecule has 3 heteroatoms. The number of carbonyl (C=O) groups excluding carboxylic acids is 1. The van der Waals surface area contributed by atoms with Crippen LogP contribution in [0.2, 0.25) is 0 Å². The van der Waals surface area contributed by atoms with Crippen molar-refractivity contribution in [1.82, 2.24) is 10.2 Å². The van der Waals surface area contributed by atoms with E-state index in [1.54, 1.807) is 0 Å². The first-order valence-electron chi connectivity index (χ1n) is 9.41. The molecule has 3 rings (SSSR count). The largest absolute Gasteiger partial charge is 0.352 e. The van der Waals surface area contributed by atoms with Crippen LogP contribution in [0.25, 0.3) is 0 Å². The molecule has 0 aromatic carbocycles. The monoisotopic (exact) mass is 306 g/mol. The predicted molar refractivity (Wildman–Crippen MR) is 90.6 cm³/mol. The van der Waals surface area contributed by atoms with Crippen LogP contribution in [0.15, 0.2) is 0 Å². The fourth-order valence-corrected chi connectivity index (χ4v) is 5.03. The summed E-state index contributed by atoms with van der Waals surface area (Å²) in [5, 5.41) is 3.31. The Kier molecular flexibility index (Phi) is 4.82. The molecule has 3 atom stereocenters. The summed E-state index contributed by atoms with van der Waals surface area (Å²) in [5.74, 6) is 2.61. The minimum absolute atomic E-state index is 0.299. The standard InChI is InChI=1S/C19H34N2O/c1-14-8-16(11-19(2,3)10-14)9-18(22)20-17-6-7-21(13-17)12-15-4-5-15/h14-17H,4-13H2,1-3H3,(H,20,22)/t14-,16-,17-/m1/s1. The molecule has 1 heterocycles. The zero-order valence-electron chi connectivity index (χ0n) is 14.7. The van der Waals surface area contributed by atoms with Crippen molar-refractivity contribution >= 4 is 5.91 Å². The first-order chi connectivity index (χ1) is 10.4. The molecule has 0 aromatic rings. The van der Waals surface area contributed by atoms with Gasteiger partial charge in [-0.15, -0.1) is 0 Å². The van der Waals surface area contributed by atoms with Gasteiger partial charge in [-0.3, -0.25) is 4.79 Å². The van der Waals surface area contributed by atoms with Gasteiger partial charge in [0.1, 0.15) is 0 Å². The lowest BCUT2D eigenvalue weighted by atomic mass is 9.67. The van der Waals surface area contributed by atoms with Crippen LogP contribution < -0.4 is 5.32 Å². The van der Waals surface area contributed by atoms with Crippen molar-refractivity contribution in [2.75, 3.05) is 19.6 Å². The zero-order chi connectivity index (χ0) is 15.7. The maximum absolute atomic E-state index is 12.4. The lowest BCUT2D eigenvalue weighted by Crippen LogP contribution is -2.39. The van der Waals surface area contributed by atoms with E-state index in [-0.39, 0.29) is 0 Å². The Morgan fingerprint density at radius 3 is 2.64 bits per heavy atom. The van der Waals surface area contributed by atoms with Crippen molar-refractivity contribution < 1.29 is 4.79 Å². The van der Waals surface area contributed by atoms with Gasteiger partial charge in [0.25, 0.3) is 0 Å². The number of hydrogen-bond acceptors (Lipinski definition) is 2. The van der Waals surface area contributed by atoms with Gasteiger partial charge in [0.05, 0.1) is 0 Å². The zero-order valence-corrected chi connectivity index (χ0v) is 14.7. The molecule has 0 spiro atoms. The Morgan fingerprint density at radius 1 is 1.18 bits per heavy atom. The summed E-state index contributed by atoms with van der Waals surface area (Å²) in [4.78, 5) is 14.9. The van der Waals surface area contributed by atoms with Crippen LogP contribution in [-0.4, -0.2) is 36.5 Å². The van der Waals surface area contributed by atoms with E-state index in [1.165, 1.54) is 45.2 Å². The van der Waals surface area contributed by atoms with Gasteiger partial charge in [-0.2, -0.15) is 0 Å². The van der Waals surface area contributed by atoms with Crippen molar-refractivity contribution in [1.29, 1.82) is 0 Å². The number of amides is 1. The molecule has 0 bridgehead atoms. The van der Waals surface area contributed by atoms with Crippen LogP contribution >= 0.6 is 0 Å². The normalized spacial score (nSPS) is 35.5. The first kappa shape index (κ1) is 16.3. The van der Waals surface area contributed by atoms with E-state index in [1.807, 2.05) is 0 Å². The number of carbonyl (C=O) groups is 1. The van der Waals surface area contributed by atoms with E-state index in [0.29, 0.717) is 23.3 Å². The third kappa shape index (κ3) is 4.71. The van der Waals surface area contributed by atoms with Crippen molar-refractivity contribution in [3.05, 3.63) is 0 Å². The van der Waals surface area contributed by atoms with Gasteiger partial charge in [0.2, 0.25) is 5.91 Å². The average Bonchev–Trinajstić information content (AvgIpc) is 3.06. The first-order valence-corrected chi connectivity index (χ1v) is 9.41. The SMILES string of the molecule is C[C@@H]1C[C@H](CC(=O)N[C@@H]2CCN(CC3CC3)C2)CC(C)(C)C1. The number of rotatable bonds is 5. The topological polar surface area (TPSA) is 32.3 Å². The third-order valence-corrected chi connectivity index (χ3v) is 5.80. The van der Waals surface area contributed by atoms with Gasteiger partial charge in [0.15, 0.2) is 0 Å². The van der Waals surface area contributed by atoms with Crippen LogP contribution in [0.4, 0.5) is 0 Å². The fraction of sp³-hybridized carbons (Fsp3) is 0.947. The van der Waals surface area contributed by atoms with Gasteiger partial charge in [-0.1, -0.05) is 20.8 Å². The van der Waals surface area contributed by atoms with Crippen molar-refractivity contribution in [3.63, 3.8) is 0 Å². The van der Waals surface area contributed by atoms with Crippen LogP contribution in [0.3, 0.4) is 0 Å². The average molecular weight is 306 g/mol. The molecule has 1 N–H and O–H groups in total. The highest BCUT2D eigenvalue weighted by Crippen LogP contribution is 2.42. The molecule has 22 heavy (non-hydrogen) atoms. The Balaban J connectivity index is 1.40. The molecule has 0 aromatic heterocycles. The minimum Gasteiger partial charge on any atom is -0.352 e. The van der Waals surface area contributed by atoms with Crippen molar-refractivity contribution in [3.8, 4) is 0 Å². The molecule has 0 radical (unpaired) electrons. The Hall–Kier alpha value is -0.570. The lowest BCUT2D eigenvalue weighted by Gasteiger charge is -2.38. The Bertz CT molecular complexity index is 402. The van der Waals surface area contributed by atoms with Crippen LogP contribution in [0.1, 0.15) is 65.7 Å². The lowest BCUT2D eigenvalue weighted by molar-refractivity contribution is -0.123. The molecule has 126 valence electrons. The van der Waals surface area contributed by atoms with Gasteiger partial charge < -0.3 is 10.2 Å². The quantitative estimate of drug-likeness (QED) is 0.844. The maximum atomic E-state index is 12.4. The second-order valence-electron chi connectivity index (χ2n) is 9.24. The summed E-state index contributed by atoms with van der Waals surface area (Å²) in [5.41, 5.74) is 0.414. The number of nitrogens with one attached hydrogen (secondary N) is 1. The predicted octanol–water partition coefficient (Wildman–Crippen LogP) is 3.44. The van der Waals surface area contributed by atoms with E-state index >= 15 is 0 Å². The van der Waals surface area contributed by atoms with Crippen molar-refractivity contribution in [2.45, 2.75) is 71.8 Å². The van der Waals surface area contributed by atoms with Gasteiger partial charge in [-0.05, 0) is 61.7 Å². The summed E-state index contributed by atoms with van der Waals surface area (Å²) < 4.78 is 0. The summed E-state index contributed by atoms with van der Waals surface area (Å²) in [6.07, 6.45) is 8.48. The molecule has 1 saturated heterocycles. The van der Waals surface area contributed by atoms with Crippen LogP contribution in [0.5, 0.6) is 0 Å². The molecular weight excluding hydrogens is 272 g/mol. The third-order valence-electron chi connectivity index (χ3n) is 5.80. The summed E-state index contributed by atoms with van der Waals surface area (Å²) in [6.45, 7) is 10.6. The highest BCUT2D eigenvalue weighted by molar-refractivity contribution is 5.76. The molecule has 2 aliphatic carbocycles. The number of hydrogen-bond donors (Lipinski definition) is 1. The van der Waals surface area contributed by atoms with Crippen LogP contribution in [0, 0.1) is 23.2 Å². The molecule has 3 nitrogen and oxygen atoms in total. The highest BCUT2D eigenvalue weighted by Gasteiger charge is 2.34. The Morgan fingerprint density at radius 2 is 1.95 bits per heavy atom. The highest BCUT2D eigenvalue weighted by atomic mass is 16.1. The maximum Gasteiger partial charge on any atom is 0.220 e. The number of nitrogens with zero attached hydrogens (tertiary/aromatic N) is 1. The fourth-order valence-electron chi connectivity index (χ4n) is 5.03. The molecule has 2 saturated carbocycles. The summed E-state index contributed by atoms with van der Waals surface area (Å²) >= 11 is 0. The molecule has 3 fully saturated rings. The molecule has 0 unspecified atom stereocenters. The number of likely N-dealkylation sites (tertiary alicyclic amines) is 1. The summed E-state index contributed by atoms with van der Waals surface area (Å²) in [7, 11) is 0. The van der Waals surface area contributed by atoms with E-state index in [0.717, 1.165) is 31.2 Å². The molecule has 1 aliphatic heterocycles. The minimum atomic E-state index is 0.299. The molecular formula is C19H34N2O. The second kappa shape index (κ2) is 6.51. The Labute approximate surface area is 136 Å². The smallest absolute Gasteiger partial charge is 0.220 e. The van der Waals surface area contributed by atoms with E-state index < -0.39 is 0 Å². The van der Waals surface area contributed by atoms with Crippen molar-refractivity contribution in [2.24, 2.45) is 23.2 Å². The summed E-state index contributed by atoms with van der Waals surface area (Å²) in [6, 6.07) is 0.403. The van der Waals surface area contributed by atoms with Gasteiger partial charge in [-0.25, -0.2) is 0 Å². The van der Waals surface area contributed by atoms with E-state index in [2.05, 4.69) is 31.0 Å². The van der Waals surface area contributed by atoms with E-state index in [4.69, 9.17) is 0 Å². The molecule has 1 amide bonds. The van der Waals surface area contributed by atoms with E-state index in [9.17, 15) is 4.79 Å². The van der Waals surface area contributed by atoms with Crippen LogP contribution in [-0.2, 0) is 4.79 Å².